The number of pyridine rings is 2. The number of hydrogen-bond acceptors (Lipinski definition) is 9. The fourth-order valence-corrected chi connectivity index (χ4v) is 13.9. The van der Waals surface area contributed by atoms with Gasteiger partial charge in [-0.3, -0.25) is 33.7 Å². The van der Waals surface area contributed by atoms with E-state index in [0.29, 0.717) is 40.4 Å². The van der Waals surface area contributed by atoms with Crippen LogP contribution in [-0.4, -0.2) is 105 Å². The standard InChI is InChI=1S/C38H53N5O2.C33H39N5O2/c1-7-43(33-17-15-32(16-18-33)41(5)6)36-23-31(30-13-11-29(12-14-30)25-42-19-9-8-10-20-42)22-34(28(36)4)37(44)39-24-35-26(2)21-27(3)40-38(35)45;1-22-16-23(2)36-33(40)29(22)19-34-32(39)28-17-26(18-31-30(28)20-35-38(31)27-8-4-5-9-27)25-12-10-24(11-13-25)21-37-14-6-3-7-15-37/h11-14,21-23,32-33H,7-10,15-20,24-25H2,1-6H3,(H,39,44)(H,40,45);10-13,16-18,20,27H,3-9,14-15,19,21H2,1-2H3,(H,34,39)(H,36,40). The summed E-state index contributed by atoms with van der Waals surface area (Å²) >= 11 is 0. The van der Waals surface area contributed by atoms with E-state index in [1.165, 1.54) is 102 Å². The number of anilines is 1. The average molecular weight is 1150 g/mol. The predicted molar refractivity (Wildman–Crippen MR) is 346 cm³/mol. The first-order chi connectivity index (χ1) is 41.1. The topological polar surface area (TPSA) is 155 Å². The van der Waals surface area contributed by atoms with Crippen molar-refractivity contribution < 1.29 is 9.59 Å². The van der Waals surface area contributed by atoms with Gasteiger partial charge in [0.15, 0.2) is 0 Å². The molecule has 0 radical (unpaired) electrons. The maximum absolute atomic E-state index is 13.9. The molecule has 14 nitrogen and oxygen atoms in total. The van der Waals surface area contributed by atoms with Crippen molar-refractivity contribution in [3.63, 3.8) is 0 Å². The molecule has 4 aromatic carbocycles. The Morgan fingerprint density at radius 1 is 0.565 bits per heavy atom. The van der Waals surface area contributed by atoms with Gasteiger partial charge in [0.2, 0.25) is 0 Å². The zero-order valence-electron chi connectivity index (χ0n) is 52.0. The number of nitrogens with zero attached hydrogens (tertiary/aromatic N) is 6. The first-order valence-electron chi connectivity index (χ1n) is 31.8. The Labute approximate surface area is 503 Å². The maximum atomic E-state index is 13.9. The van der Waals surface area contributed by atoms with Crippen molar-refractivity contribution in [1.29, 1.82) is 0 Å². The fraction of sp³-hybridized carbons (Fsp3) is 0.479. The van der Waals surface area contributed by atoms with E-state index in [0.717, 1.165) is 112 Å². The van der Waals surface area contributed by atoms with Gasteiger partial charge in [0.1, 0.15) is 0 Å². The van der Waals surface area contributed by atoms with Crippen molar-refractivity contribution in [3.8, 4) is 22.3 Å². The van der Waals surface area contributed by atoms with E-state index in [-0.39, 0.29) is 36.0 Å². The summed E-state index contributed by atoms with van der Waals surface area (Å²) in [5, 5.41) is 11.7. The van der Waals surface area contributed by atoms with Gasteiger partial charge in [0, 0.05) is 84.0 Å². The lowest BCUT2D eigenvalue weighted by Gasteiger charge is -2.40. The molecule has 14 heteroatoms. The molecule has 5 heterocycles. The first kappa shape index (κ1) is 61.0. The molecule has 0 bridgehead atoms. The highest BCUT2D eigenvalue weighted by Gasteiger charge is 2.29. The van der Waals surface area contributed by atoms with Gasteiger partial charge in [0.25, 0.3) is 22.9 Å². The molecule has 11 rings (SSSR count). The van der Waals surface area contributed by atoms with Crippen molar-refractivity contribution in [3.05, 3.63) is 173 Å². The van der Waals surface area contributed by atoms with E-state index in [2.05, 4.69) is 133 Å². The Morgan fingerprint density at radius 2 is 1.04 bits per heavy atom. The van der Waals surface area contributed by atoms with Crippen molar-refractivity contribution in [2.75, 3.05) is 51.7 Å². The Balaban J connectivity index is 0.000000190. The van der Waals surface area contributed by atoms with Crippen molar-refractivity contribution in [2.24, 2.45) is 0 Å². The van der Waals surface area contributed by atoms with Crippen molar-refractivity contribution in [1.82, 2.24) is 45.1 Å². The molecule has 0 atom stereocenters. The number of aromatic amines is 2. The summed E-state index contributed by atoms with van der Waals surface area (Å²) in [4.78, 5) is 68.4. The molecule has 4 aliphatic rings. The normalized spacial score (nSPS) is 17.9. The van der Waals surface area contributed by atoms with Gasteiger partial charge >= 0.3 is 0 Å². The fourth-order valence-electron chi connectivity index (χ4n) is 13.9. The van der Waals surface area contributed by atoms with Crippen LogP contribution in [0.4, 0.5) is 5.69 Å². The highest BCUT2D eigenvalue weighted by molar-refractivity contribution is 6.08. The SMILES string of the molecule is CCN(c1cc(-c2ccc(CN3CCCCC3)cc2)cc(C(=O)NCc2c(C)cc(C)[nH]c2=O)c1C)C1CCC(N(C)C)CC1.Cc1cc(C)c(CNC(=O)c2cc(-c3ccc(CN4CCCCC4)cc3)cc3c2cnn3C2CCCC2)c(=O)[nH]1. The van der Waals surface area contributed by atoms with Crippen LogP contribution < -0.4 is 26.7 Å². The van der Waals surface area contributed by atoms with Crippen LogP contribution in [0.3, 0.4) is 0 Å². The van der Waals surface area contributed by atoms with Gasteiger partial charge in [-0.1, -0.05) is 74.2 Å². The number of aryl methyl sites for hydroxylation is 4. The monoisotopic (exact) mass is 1150 g/mol. The van der Waals surface area contributed by atoms with Crippen molar-refractivity contribution >= 4 is 28.4 Å². The number of hydrogen-bond donors (Lipinski definition) is 4. The second kappa shape index (κ2) is 27.9. The van der Waals surface area contributed by atoms with Gasteiger partial charge < -0.3 is 30.4 Å². The Hall–Kier alpha value is -7.13. The lowest BCUT2D eigenvalue weighted by Crippen LogP contribution is -2.42. The Morgan fingerprint density at radius 3 is 1.52 bits per heavy atom. The van der Waals surface area contributed by atoms with Gasteiger partial charge in [-0.05, 0) is 232 Å². The quantitative estimate of drug-likeness (QED) is 0.0697. The van der Waals surface area contributed by atoms with E-state index >= 15 is 0 Å². The molecular formula is C71H92N10O4. The molecule has 2 aliphatic carbocycles. The van der Waals surface area contributed by atoms with E-state index in [4.69, 9.17) is 5.10 Å². The third-order valence-corrected chi connectivity index (χ3v) is 18.9. The lowest BCUT2D eigenvalue weighted by atomic mass is 9.88. The van der Waals surface area contributed by atoms with Crippen LogP contribution in [0, 0.1) is 34.6 Å². The minimum atomic E-state index is -0.195. The number of fused-ring (bicyclic) bond motifs is 1. The third-order valence-electron chi connectivity index (χ3n) is 18.9. The molecular weight excluding hydrogens is 1060 g/mol. The second-order valence-corrected chi connectivity index (χ2v) is 25.2. The van der Waals surface area contributed by atoms with Crippen LogP contribution in [0.1, 0.15) is 174 Å². The molecule has 450 valence electrons. The Bertz CT molecular complexity index is 3550. The number of benzene rings is 4. The van der Waals surface area contributed by atoms with Gasteiger partial charge in [-0.25, -0.2) is 0 Å². The van der Waals surface area contributed by atoms with Gasteiger partial charge in [0.05, 0.1) is 23.3 Å². The van der Waals surface area contributed by atoms with Crippen LogP contribution in [0.5, 0.6) is 0 Å². The maximum Gasteiger partial charge on any atom is 0.253 e. The van der Waals surface area contributed by atoms with Crippen LogP contribution in [0.25, 0.3) is 33.2 Å². The van der Waals surface area contributed by atoms with E-state index < -0.39 is 0 Å². The number of piperidine rings is 2. The number of carbonyl (C=O) groups excluding carboxylic acids is 2. The molecule has 3 aromatic heterocycles. The summed E-state index contributed by atoms with van der Waals surface area (Å²) in [6, 6.07) is 31.5. The molecule has 85 heavy (non-hydrogen) atoms. The highest BCUT2D eigenvalue weighted by Crippen LogP contribution is 2.38. The number of aromatic nitrogens is 4. The molecule has 0 unspecified atom stereocenters. The summed E-state index contributed by atoms with van der Waals surface area (Å²) in [7, 11) is 4.37. The summed E-state index contributed by atoms with van der Waals surface area (Å²) in [5.41, 5.74) is 15.6. The van der Waals surface area contributed by atoms with Crippen LogP contribution in [0.2, 0.25) is 0 Å². The molecule has 4 N–H and O–H groups in total. The van der Waals surface area contributed by atoms with Gasteiger partial charge in [-0.15, -0.1) is 0 Å². The number of nitrogens with one attached hydrogen (secondary N) is 4. The second-order valence-electron chi connectivity index (χ2n) is 25.2. The summed E-state index contributed by atoms with van der Waals surface area (Å²) in [6.07, 6.45) is 19.0. The van der Waals surface area contributed by atoms with E-state index in [1.807, 2.05) is 58.2 Å². The largest absolute Gasteiger partial charge is 0.369 e. The lowest BCUT2D eigenvalue weighted by molar-refractivity contribution is 0.0943. The van der Waals surface area contributed by atoms with Crippen molar-refractivity contribution in [2.45, 2.75) is 176 Å². The molecule has 2 saturated carbocycles. The first-order valence-corrected chi connectivity index (χ1v) is 31.8. The minimum Gasteiger partial charge on any atom is -0.369 e. The zero-order chi connectivity index (χ0) is 59.7. The number of likely N-dealkylation sites (tertiary alicyclic amines) is 2. The molecule has 7 aromatic rings. The number of carbonyl (C=O) groups is 2. The third kappa shape index (κ3) is 14.8. The van der Waals surface area contributed by atoms with E-state index in [1.54, 1.807) is 0 Å². The summed E-state index contributed by atoms with van der Waals surface area (Å²) in [5.74, 6) is -0.344. The molecule has 0 spiro atoms. The number of amides is 2. The minimum absolute atomic E-state index is 0.144. The zero-order valence-corrected chi connectivity index (χ0v) is 52.0. The number of rotatable bonds is 17. The van der Waals surface area contributed by atoms with Crippen LogP contribution >= 0.6 is 0 Å². The Kier molecular flexibility index (Phi) is 20.0. The average Bonchev–Trinajstić information content (AvgIpc) is 2.42. The molecule has 2 amide bonds. The molecule has 2 saturated heterocycles. The van der Waals surface area contributed by atoms with E-state index in [9.17, 15) is 19.2 Å². The van der Waals surface area contributed by atoms with Crippen LogP contribution in [0.15, 0.2) is 101 Å². The molecule has 2 aliphatic heterocycles. The molecule has 4 fully saturated rings. The highest BCUT2D eigenvalue weighted by atomic mass is 16.2. The van der Waals surface area contributed by atoms with Gasteiger partial charge in [-0.2, -0.15) is 5.10 Å². The summed E-state index contributed by atoms with van der Waals surface area (Å²) in [6.45, 7) is 19.8. The predicted octanol–water partition coefficient (Wildman–Crippen LogP) is 12.6. The van der Waals surface area contributed by atoms with Crippen LogP contribution in [-0.2, 0) is 26.2 Å². The smallest absolute Gasteiger partial charge is 0.253 e. The summed E-state index contributed by atoms with van der Waals surface area (Å²) < 4.78 is 2.13. The number of H-pyrrole nitrogens is 2.